The smallest absolute Gasteiger partial charge is 0.336 e. The van der Waals surface area contributed by atoms with Gasteiger partial charge in [0.15, 0.2) is 0 Å². The van der Waals surface area contributed by atoms with Gasteiger partial charge in [0.05, 0.1) is 16.6 Å². The zero-order valence-electron chi connectivity index (χ0n) is 16.7. The van der Waals surface area contributed by atoms with E-state index < -0.39 is 11.2 Å². The topological polar surface area (TPSA) is 107 Å². The van der Waals surface area contributed by atoms with Gasteiger partial charge < -0.3 is 10.6 Å². The number of carbonyl (C=O) groups is 2. The van der Waals surface area contributed by atoms with E-state index in [0.29, 0.717) is 47.5 Å². The van der Waals surface area contributed by atoms with Crippen molar-refractivity contribution in [1.82, 2.24) is 14.0 Å². The van der Waals surface area contributed by atoms with Crippen molar-refractivity contribution >= 4 is 34.3 Å². The number of hydrogen-bond donors (Lipinski definition) is 1. The number of primary amides is 1. The molecule has 1 fully saturated rings. The minimum atomic E-state index is -0.605. The third kappa shape index (κ3) is 3.98. The lowest BCUT2D eigenvalue weighted by atomic mass is 9.96. The minimum Gasteiger partial charge on any atom is -0.369 e. The van der Waals surface area contributed by atoms with Crippen molar-refractivity contribution < 1.29 is 9.59 Å². The standard InChI is InChI=1S/C22H21ClN4O4/c23-15-5-7-16(8-6-15)27-21(30)17-3-1-2-4-18(17)26(22(27)31)13-19(28)25-11-9-14(10-12-25)20(24)29/h1-8,14H,9-13H2,(H2,24,29). The van der Waals surface area contributed by atoms with Gasteiger partial charge in [0.2, 0.25) is 11.8 Å². The molecule has 2 heterocycles. The lowest BCUT2D eigenvalue weighted by Crippen LogP contribution is -2.46. The number of carbonyl (C=O) groups excluding carboxylic acids is 2. The largest absolute Gasteiger partial charge is 0.369 e. The predicted molar refractivity (Wildman–Crippen MR) is 117 cm³/mol. The lowest BCUT2D eigenvalue weighted by Gasteiger charge is -2.31. The summed E-state index contributed by atoms with van der Waals surface area (Å²) in [6.45, 7) is 0.584. The highest BCUT2D eigenvalue weighted by molar-refractivity contribution is 6.30. The summed E-state index contributed by atoms with van der Waals surface area (Å²) >= 11 is 5.94. The zero-order valence-corrected chi connectivity index (χ0v) is 17.4. The van der Waals surface area contributed by atoms with E-state index in [-0.39, 0.29) is 24.3 Å². The molecule has 0 saturated carbocycles. The Hall–Kier alpha value is -3.39. The fraction of sp³-hybridized carbons (Fsp3) is 0.273. The lowest BCUT2D eigenvalue weighted by molar-refractivity contribution is -0.135. The van der Waals surface area contributed by atoms with Crippen LogP contribution in [0.15, 0.2) is 58.1 Å². The van der Waals surface area contributed by atoms with Crippen molar-refractivity contribution in [2.45, 2.75) is 19.4 Å². The second kappa shape index (κ2) is 8.39. The molecular weight excluding hydrogens is 420 g/mol. The predicted octanol–water partition coefficient (Wildman–Crippen LogP) is 1.53. The van der Waals surface area contributed by atoms with E-state index >= 15 is 0 Å². The van der Waals surface area contributed by atoms with Crippen molar-refractivity contribution in [2.24, 2.45) is 11.7 Å². The van der Waals surface area contributed by atoms with Crippen LogP contribution in [-0.4, -0.2) is 38.9 Å². The number of likely N-dealkylation sites (tertiary alicyclic amines) is 1. The van der Waals surface area contributed by atoms with Crippen molar-refractivity contribution in [3.8, 4) is 5.69 Å². The van der Waals surface area contributed by atoms with Crippen molar-refractivity contribution in [3.05, 3.63) is 74.4 Å². The van der Waals surface area contributed by atoms with Gasteiger partial charge in [-0.25, -0.2) is 9.36 Å². The first-order valence-electron chi connectivity index (χ1n) is 9.94. The quantitative estimate of drug-likeness (QED) is 0.663. The summed E-state index contributed by atoms with van der Waals surface area (Å²) in [6.07, 6.45) is 1.00. The van der Waals surface area contributed by atoms with Crippen molar-refractivity contribution in [3.63, 3.8) is 0 Å². The number of fused-ring (bicyclic) bond motifs is 1. The first kappa shape index (κ1) is 20.9. The molecule has 1 aromatic heterocycles. The fourth-order valence-electron chi connectivity index (χ4n) is 3.94. The van der Waals surface area contributed by atoms with Crippen LogP contribution < -0.4 is 17.0 Å². The van der Waals surface area contributed by atoms with Gasteiger partial charge in [-0.15, -0.1) is 0 Å². The van der Waals surface area contributed by atoms with Crippen LogP contribution in [0, 0.1) is 5.92 Å². The maximum Gasteiger partial charge on any atom is 0.336 e. The summed E-state index contributed by atoms with van der Waals surface area (Å²) in [5.41, 5.74) is 5.05. The van der Waals surface area contributed by atoms with Gasteiger partial charge in [0.25, 0.3) is 5.56 Å². The number of hydrogen-bond acceptors (Lipinski definition) is 4. The molecule has 1 aliphatic rings. The van der Waals surface area contributed by atoms with E-state index in [4.69, 9.17) is 17.3 Å². The van der Waals surface area contributed by atoms with E-state index in [9.17, 15) is 19.2 Å². The Morgan fingerprint density at radius 1 is 1.00 bits per heavy atom. The first-order chi connectivity index (χ1) is 14.9. The summed E-state index contributed by atoms with van der Waals surface area (Å²) in [5, 5.41) is 0.810. The van der Waals surface area contributed by atoms with Crippen LogP contribution in [0.25, 0.3) is 16.6 Å². The molecule has 0 atom stereocenters. The van der Waals surface area contributed by atoms with Crippen LogP contribution in [-0.2, 0) is 16.1 Å². The van der Waals surface area contributed by atoms with E-state index in [1.807, 2.05) is 0 Å². The molecule has 1 aliphatic heterocycles. The Balaban J connectivity index is 1.75. The molecule has 4 rings (SSSR count). The number of para-hydroxylation sites is 1. The highest BCUT2D eigenvalue weighted by atomic mass is 35.5. The monoisotopic (exact) mass is 440 g/mol. The van der Waals surface area contributed by atoms with Gasteiger partial charge in [-0.05, 0) is 49.2 Å². The molecule has 0 aliphatic carbocycles. The highest BCUT2D eigenvalue weighted by Crippen LogP contribution is 2.18. The zero-order chi connectivity index (χ0) is 22.1. The van der Waals surface area contributed by atoms with Crippen molar-refractivity contribution in [2.75, 3.05) is 13.1 Å². The second-order valence-electron chi connectivity index (χ2n) is 7.56. The van der Waals surface area contributed by atoms with Gasteiger partial charge in [-0.2, -0.15) is 0 Å². The van der Waals surface area contributed by atoms with Gasteiger partial charge >= 0.3 is 5.69 Å². The molecule has 9 heteroatoms. The Bertz CT molecular complexity index is 1270. The van der Waals surface area contributed by atoms with Gasteiger partial charge in [0, 0.05) is 24.0 Å². The molecule has 160 valence electrons. The number of rotatable bonds is 4. The third-order valence-electron chi connectivity index (χ3n) is 5.68. The maximum atomic E-state index is 13.3. The molecular formula is C22H21ClN4O4. The number of piperidine rings is 1. The molecule has 0 radical (unpaired) electrons. The molecule has 1 saturated heterocycles. The molecule has 0 unspecified atom stereocenters. The minimum absolute atomic E-state index is 0.214. The molecule has 3 aromatic rings. The van der Waals surface area contributed by atoms with Crippen LogP contribution in [0.2, 0.25) is 5.02 Å². The van der Waals surface area contributed by atoms with Gasteiger partial charge in [0.1, 0.15) is 6.54 Å². The molecule has 8 nitrogen and oxygen atoms in total. The molecule has 31 heavy (non-hydrogen) atoms. The van der Waals surface area contributed by atoms with Crippen LogP contribution in [0.4, 0.5) is 0 Å². The molecule has 2 amide bonds. The average molecular weight is 441 g/mol. The highest BCUT2D eigenvalue weighted by Gasteiger charge is 2.27. The SMILES string of the molecule is NC(=O)C1CCN(C(=O)Cn2c(=O)n(-c3ccc(Cl)cc3)c(=O)c3ccccc32)CC1. The van der Waals surface area contributed by atoms with Gasteiger partial charge in [-0.3, -0.25) is 19.0 Å². The van der Waals surface area contributed by atoms with E-state index in [2.05, 4.69) is 0 Å². The number of benzene rings is 2. The number of nitrogens with two attached hydrogens (primary N) is 1. The molecule has 2 N–H and O–H groups in total. The summed E-state index contributed by atoms with van der Waals surface area (Å²) < 4.78 is 2.36. The first-order valence-corrected chi connectivity index (χ1v) is 10.3. The summed E-state index contributed by atoms with van der Waals surface area (Å²) in [4.78, 5) is 52.3. The Morgan fingerprint density at radius 3 is 2.29 bits per heavy atom. The molecule has 2 aromatic carbocycles. The summed E-state index contributed by atoms with van der Waals surface area (Å²) in [6, 6.07) is 13.1. The summed E-state index contributed by atoms with van der Waals surface area (Å²) in [5.74, 6) is -0.847. The fourth-order valence-corrected chi connectivity index (χ4v) is 4.07. The molecule has 0 spiro atoms. The third-order valence-corrected chi connectivity index (χ3v) is 5.93. The second-order valence-corrected chi connectivity index (χ2v) is 8.00. The van der Waals surface area contributed by atoms with Crippen LogP contribution in [0.3, 0.4) is 0 Å². The van der Waals surface area contributed by atoms with Crippen LogP contribution in [0.5, 0.6) is 0 Å². The number of halogens is 1. The van der Waals surface area contributed by atoms with E-state index in [0.717, 1.165) is 4.57 Å². The van der Waals surface area contributed by atoms with E-state index in [1.165, 1.54) is 4.57 Å². The summed E-state index contributed by atoms with van der Waals surface area (Å²) in [7, 11) is 0. The van der Waals surface area contributed by atoms with Crippen molar-refractivity contribution in [1.29, 1.82) is 0 Å². The van der Waals surface area contributed by atoms with E-state index in [1.54, 1.807) is 53.4 Å². The number of amides is 2. The number of nitrogens with zero attached hydrogens (tertiary/aromatic N) is 3. The number of aromatic nitrogens is 2. The normalized spacial score (nSPS) is 14.7. The molecule has 0 bridgehead atoms. The maximum absolute atomic E-state index is 13.3. The van der Waals surface area contributed by atoms with Gasteiger partial charge in [-0.1, -0.05) is 23.7 Å². The van der Waals surface area contributed by atoms with Crippen LogP contribution in [0.1, 0.15) is 12.8 Å². The Morgan fingerprint density at radius 2 is 1.65 bits per heavy atom. The Labute approximate surface area is 182 Å². The van der Waals surface area contributed by atoms with Crippen LogP contribution >= 0.6 is 11.6 Å². The average Bonchev–Trinajstić information content (AvgIpc) is 2.78. The Kier molecular flexibility index (Phi) is 5.65.